The summed E-state index contributed by atoms with van der Waals surface area (Å²) in [5.74, 6) is -1.69. The van der Waals surface area contributed by atoms with Crippen LogP contribution in [0.15, 0.2) is 28.5 Å². The number of sulfonamides is 1. The summed E-state index contributed by atoms with van der Waals surface area (Å²) in [5, 5.41) is 5.52. The van der Waals surface area contributed by atoms with Crippen molar-refractivity contribution in [3.63, 3.8) is 0 Å². The van der Waals surface area contributed by atoms with Gasteiger partial charge in [-0.1, -0.05) is 0 Å². The molecule has 2 fully saturated rings. The van der Waals surface area contributed by atoms with Gasteiger partial charge in [-0.3, -0.25) is 4.79 Å². The highest BCUT2D eigenvalue weighted by Crippen LogP contribution is 2.33. The first-order chi connectivity index (χ1) is 13.8. The molecule has 1 amide bonds. The van der Waals surface area contributed by atoms with Crippen LogP contribution < -0.4 is 5.32 Å². The minimum absolute atomic E-state index is 0.0478. The molecule has 1 atom stereocenters. The molecule has 1 aliphatic carbocycles. The van der Waals surface area contributed by atoms with Gasteiger partial charge in [-0.2, -0.15) is 4.31 Å². The minimum Gasteiger partial charge on any atom is -0.350 e. The van der Waals surface area contributed by atoms with Gasteiger partial charge in [0.1, 0.15) is 16.5 Å². The fraction of sp³-hybridized carbons (Fsp3) is 0.474. The van der Waals surface area contributed by atoms with E-state index in [4.69, 9.17) is 0 Å². The molecular formula is C19H21F2N3O3S2. The Bertz CT molecular complexity index is 1020. The summed E-state index contributed by atoms with van der Waals surface area (Å²) in [6, 6.07) is 2.44. The lowest BCUT2D eigenvalue weighted by Gasteiger charge is -2.31. The quantitative estimate of drug-likeness (QED) is 0.747. The van der Waals surface area contributed by atoms with E-state index in [1.165, 1.54) is 15.6 Å². The number of hydrogen-bond acceptors (Lipinski definition) is 5. The van der Waals surface area contributed by atoms with Crippen LogP contribution in [0, 0.1) is 17.6 Å². The molecule has 0 spiro atoms. The molecule has 1 saturated heterocycles. The van der Waals surface area contributed by atoms with Crippen LogP contribution in [0.5, 0.6) is 0 Å². The normalized spacial score (nSPS) is 20.6. The van der Waals surface area contributed by atoms with Crippen LogP contribution in [0.25, 0.3) is 0 Å². The number of nitrogens with one attached hydrogen (secondary N) is 1. The number of hydrogen-bond donors (Lipinski definition) is 1. The van der Waals surface area contributed by atoms with Crippen molar-refractivity contribution in [3.05, 3.63) is 45.9 Å². The fourth-order valence-electron chi connectivity index (χ4n) is 3.44. The first kappa shape index (κ1) is 20.4. The van der Waals surface area contributed by atoms with Gasteiger partial charge in [-0.25, -0.2) is 22.2 Å². The molecule has 0 unspecified atom stereocenters. The number of amides is 1. The second-order valence-electron chi connectivity index (χ2n) is 7.45. The average molecular weight is 442 g/mol. The van der Waals surface area contributed by atoms with Crippen LogP contribution in [0.3, 0.4) is 0 Å². The Labute approximate surface area is 172 Å². The summed E-state index contributed by atoms with van der Waals surface area (Å²) in [7, 11) is -4.14. The first-order valence-corrected chi connectivity index (χ1v) is 11.8. The standard InChI is InChI=1S/C19H21F2N3O3S2/c20-14-5-6-16(21)17(8-14)29(26,27)24-7-1-2-13(10-24)19-23-15(11-28-19)9-22-18(25)12-3-4-12/h5-6,8,11-13H,1-4,7,9-10H2,(H,22,25)/t13-/m0/s1. The van der Waals surface area contributed by atoms with Crippen molar-refractivity contribution in [1.82, 2.24) is 14.6 Å². The van der Waals surface area contributed by atoms with Gasteiger partial charge in [-0.05, 0) is 43.9 Å². The molecule has 1 aromatic carbocycles. The Balaban J connectivity index is 1.45. The van der Waals surface area contributed by atoms with E-state index in [0.717, 1.165) is 48.2 Å². The van der Waals surface area contributed by atoms with Gasteiger partial charge in [-0.15, -0.1) is 11.3 Å². The number of aromatic nitrogens is 1. The summed E-state index contributed by atoms with van der Waals surface area (Å²) in [5.41, 5.74) is 0.746. The zero-order valence-corrected chi connectivity index (χ0v) is 17.2. The van der Waals surface area contributed by atoms with Gasteiger partial charge in [0.2, 0.25) is 15.9 Å². The highest BCUT2D eigenvalue weighted by Gasteiger charge is 2.34. The molecule has 2 aromatic rings. The van der Waals surface area contributed by atoms with Crippen LogP contribution in [0.2, 0.25) is 0 Å². The molecule has 2 aliphatic rings. The highest BCUT2D eigenvalue weighted by molar-refractivity contribution is 7.89. The van der Waals surface area contributed by atoms with E-state index in [2.05, 4.69) is 10.3 Å². The van der Waals surface area contributed by atoms with E-state index in [0.29, 0.717) is 13.0 Å². The average Bonchev–Trinajstić information content (AvgIpc) is 3.46. The third-order valence-corrected chi connectivity index (χ3v) is 8.14. The number of nitrogens with zero attached hydrogens (tertiary/aromatic N) is 2. The Morgan fingerprint density at radius 2 is 2.07 bits per heavy atom. The zero-order chi connectivity index (χ0) is 20.6. The third kappa shape index (κ3) is 4.49. The molecule has 6 nitrogen and oxygen atoms in total. The number of benzene rings is 1. The molecule has 10 heteroatoms. The van der Waals surface area contributed by atoms with Gasteiger partial charge >= 0.3 is 0 Å². The van der Waals surface area contributed by atoms with E-state index in [-0.39, 0.29) is 30.8 Å². The second kappa shape index (κ2) is 8.08. The Hall–Kier alpha value is -1.91. The number of rotatable bonds is 6. The summed E-state index contributed by atoms with van der Waals surface area (Å²) in [4.78, 5) is 15.7. The Morgan fingerprint density at radius 1 is 1.28 bits per heavy atom. The number of piperidine rings is 1. The number of thiazole rings is 1. The van der Waals surface area contributed by atoms with Gasteiger partial charge in [0, 0.05) is 30.3 Å². The van der Waals surface area contributed by atoms with Crippen molar-refractivity contribution in [3.8, 4) is 0 Å². The Morgan fingerprint density at radius 3 is 2.83 bits per heavy atom. The molecule has 29 heavy (non-hydrogen) atoms. The molecule has 1 aromatic heterocycles. The van der Waals surface area contributed by atoms with E-state index < -0.39 is 26.6 Å². The molecule has 1 N–H and O–H groups in total. The molecular weight excluding hydrogens is 420 g/mol. The lowest BCUT2D eigenvalue weighted by molar-refractivity contribution is -0.122. The van der Waals surface area contributed by atoms with Crippen molar-refractivity contribution in [1.29, 1.82) is 0 Å². The summed E-state index contributed by atoms with van der Waals surface area (Å²) < 4.78 is 54.4. The minimum atomic E-state index is -4.14. The fourth-order valence-corrected chi connectivity index (χ4v) is 5.98. The van der Waals surface area contributed by atoms with Gasteiger partial charge in [0.25, 0.3) is 0 Å². The van der Waals surface area contributed by atoms with Gasteiger partial charge in [0.05, 0.1) is 17.2 Å². The second-order valence-corrected chi connectivity index (χ2v) is 10.2. The van der Waals surface area contributed by atoms with E-state index in [1.54, 1.807) is 0 Å². The van der Waals surface area contributed by atoms with Crippen LogP contribution >= 0.6 is 11.3 Å². The maximum Gasteiger partial charge on any atom is 0.246 e. The van der Waals surface area contributed by atoms with Crippen molar-refractivity contribution >= 4 is 27.3 Å². The van der Waals surface area contributed by atoms with Gasteiger partial charge < -0.3 is 5.32 Å². The van der Waals surface area contributed by atoms with Crippen molar-refractivity contribution in [2.45, 2.75) is 43.0 Å². The molecule has 1 saturated carbocycles. The van der Waals surface area contributed by atoms with Crippen LogP contribution in [-0.2, 0) is 21.4 Å². The number of carbonyl (C=O) groups excluding carboxylic acids is 1. The summed E-state index contributed by atoms with van der Waals surface area (Å²) in [6.45, 7) is 0.777. The number of halogens is 2. The summed E-state index contributed by atoms with van der Waals surface area (Å²) in [6.07, 6.45) is 3.24. The van der Waals surface area contributed by atoms with Crippen molar-refractivity contribution in [2.24, 2.45) is 5.92 Å². The molecule has 1 aliphatic heterocycles. The first-order valence-electron chi connectivity index (χ1n) is 9.52. The SMILES string of the molecule is O=C(NCc1csc([C@H]2CCCN(S(=O)(=O)c3cc(F)ccc3F)C2)n1)C1CC1. The van der Waals surface area contributed by atoms with Crippen molar-refractivity contribution in [2.75, 3.05) is 13.1 Å². The zero-order valence-electron chi connectivity index (χ0n) is 15.6. The molecule has 0 radical (unpaired) electrons. The smallest absolute Gasteiger partial charge is 0.246 e. The molecule has 156 valence electrons. The van der Waals surface area contributed by atoms with E-state index >= 15 is 0 Å². The third-order valence-electron chi connectivity index (χ3n) is 5.21. The number of carbonyl (C=O) groups is 1. The van der Waals surface area contributed by atoms with E-state index in [1.807, 2.05) is 5.38 Å². The largest absolute Gasteiger partial charge is 0.350 e. The predicted octanol–water partition coefficient (Wildman–Crippen LogP) is 3.02. The molecule has 2 heterocycles. The lowest BCUT2D eigenvalue weighted by atomic mass is 10.0. The van der Waals surface area contributed by atoms with Gasteiger partial charge in [0.15, 0.2) is 0 Å². The Kier molecular flexibility index (Phi) is 5.67. The van der Waals surface area contributed by atoms with Crippen molar-refractivity contribution < 1.29 is 22.0 Å². The maximum atomic E-state index is 14.0. The summed E-state index contributed by atoms with van der Waals surface area (Å²) >= 11 is 1.43. The van der Waals surface area contributed by atoms with Crippen LogP contribution in [0.1, 0.15) is 42.3 Å². The monoisotopic (exact) mass is 441 g/mol. The lowest BCUT2D eigenvalue weighted by Crippen LogP contribution is -2.39. The molecule has 4 rings (SSSR count). The maximum absolute atomic E-state index is 14.0. The van der Waals surface area contributed by atoms with Crippen LogP contribution in [0.4, 0.5) is 8.78 Å². The molecule has 0 bridgehead atoms. The topological polar surface area (TPSA) is 79.4 Å². The highest BCUT2D eigenvalue weighted by atomic mass is 32.2. The van der Waals surface area contributed by atoms with Crippen LogP contribution in [-0.4, -0.2) is 36.7 Å². The predicted molar refractivity (Wildman–Crippen MR) is 104 cm³/mol. The van der Waals surface area contributed by atoms with E-state index in [9.17, 15) is 22.0 Å².